The van der Waals surface area contributed by atoms with E-state index in [0.717, 1.165) is 33.3 Å². The molecule has 7 heteroatoms. The van der Waals surface area contributed by atoms with Crippen molar-refractivity contribution in [3.05, 3.63) is 70.3 Å². The van der Waals surface area contributed by atoms with Gasteiger partial charge in [0.05, 0.1) is 28.2 Å². The van der Waals surface area contributed by atoms with Crippen LogP contribution in [0.5, 0.6) is 0 Å². The van der Waals surface area contributed by atoms with Crippen LogP contribution < -0.4 is 5.46 Å². The highest BCUT2D eigenvalue weighted by molar-refractivity contribution is 7.89. The summed E-state index contributed by atoms with van der Waals surface area (Å²) in [5.41, 5.74) is 5.18. The van der Waals surface area contributed by atoms with E-state index in [4.69, 9.17) is 9.31 Å². The van der Waals surface area contributed by atoms with Gasteiger partial charge in [-0.05, 0) is 77.2 Å². The van der Waals surface area contributed by atoms with E-state index in [2.05, 4.69) is 18.2 Å². The number of rotatable bonds is 3. The van der Waals surface area contributed by atoms with Crippen molar-refractivity contribution >= 4 is 22.6 Å². The van der Waals surface area contributed by atoms with Gasteiger partial charge in [-0.1, -0.05) is 47.0 Å². The summed E-state index contributed by atoms with van der Waals surface area (Å²) in [4.78, 5) is 0.322. The molecule has 0 N–H and O–H groups in total. The number of fused-ring (bicyclic) bond motifs is 5. The van der Waals surface area contributed by atoms with E-state index >= 15 is 0 Å². The summed E-state index contributed by atoms with van der Waals surface area (Å²) in [7, 11) is -4.23. The van der Waals surface area contributed by atoms with Crippen molar-refractivity contribution in [2.45, 2.75) is 76.6 Å². The molecule has 2 bridgehead atoms. The molecule has 5 rings (SSSR count). The molecule has 1 fully saturated rings. The summed E-state index contributed by atoms with van der Waals surface area (Å²) >= 11 is 0. The summed E-state index contributed by atoms with van der Waals surface area (Å²) in [5, 5.41) is 0. The van der Waals surface area contributed by atoms with E-state index in [-0.39, 0.29) is 12.1 Å². The van der Waals surface area contributed by atoms with E-state index in [1.165, 1.54) is 0 Å². The number of nitrogens with zero attached hydrogens (tertiary/aromatic N) is 1. The highest BCUT2D eigenvalue weighted by Crippen LogP contribution is 2.54. The van der Waals surface area contributed by atoms with Crippen LogP contribution in [-0.2, 0) is 19.3 Å². The fraction of sp³-hybridized carbons (Fsp3) is 0.440. The molecule has 0 aliphatic carbocycles. The molecule has 5 nitrogen and oxygen atoms in total. The molecule has 0 radical (unpaired) electrons. The van der Waals surface area contributed by atoms with Gasteiger partial charge in [0.2, 0.25) is 10.0 Å². The maximum absolute atomic E-state index is 13.8. The van der Waals surface area contributed by atoms with Crippen LogP contribution in [0.15, 0.2) is 52.9 Å². The Hall–Kier alpha value is -1.93. The molecule has 3 aliphatic heterocycles. The van der Waals surface area contributed by atoms with E-state index in [1.807, 2.05) is 60.6 Å². The minimum Gasteiger partial charge on any atom is -0.399 e. The smallest absolute Gasteiger partial charge is 0.399 e. The topological polar surface area (TPSA) is 55.8 Å². The molecule has 0 aromatic heterocycles. The van der Waals surface area contributed by atoms with Crippen LogP contribution in [0.3, 0.4) is 0 Å². The second kappa shape index (κ2) is 6.79. The zero-order valence-corrected chi connectivity index (χ0v) is 20.6. The third kappa shape index (κ3) is 2.98. The zero-order chi connectivity index (χ0) is 23.2. The SMILES string of the molecule is CC1=CC2c3cc(C)cc(B4OC(C)(C)C(C)(C)O4)c3C1N2S(=O)(=O)c1ccc(C)cc1. The summed E-state index contributed by atoms with van der Waals surface area (Å²) in [6.45, 7) is 14.2. The van der Waals surface area contributed by atoms with E-state index in [0.29, 0.717) is 4.90 Å². The number of hydrogen-bond donors (Lipinski definition) is 0. The van der Waals surface area contributed by atoms with Crippen LogP contribution in [0, 0.1) is 13.8 Å². The van der Waals surface area contributed by atoms with E-state index < -0.39 is 28.3 Å². The monoisotopic (exact) mass is 451 g/mol. The molecule has 3 aliphatic rings. The lowest BCUT2D eigenvalue weighted by Crippen LogP contribution is -2.41. The molecule has 0 amide bonds. The van der Waals surface area contributed by atoms with Gasteiger partial charge in [0.1, 0.15) is 0 Å². The van der Waals surface area contributed by atoms with Crippen LogP contribution in [0.25, 0.3) is 0 Å². The van der Waals surface area contributed by atoms with Crippen LogP contribution in [0.1, 0.15) is 69.0 Å². The molecule has 2 aromatic rings. The zero-order valence-electron chi connectivity index (χ0n) is 19.8. The lowest BCUT2D eigenvalue weighted by molar-refractivity contribution is 0.00578. The Balaban J connectivity index is 1.63. The van der Waals surface area contributed by atoms with Gasteiger partial charge >= 0.3 is 7.12 Å². The van der Waals surface area contributed by atoms with Crippen molar-refractivity contribution in [1.29, 1.82) is 0 Å². The van der Waals surface area contributed by atoms with Crippen LogP contribution in [0.2, 0.25) is 0 Å². The minimum atomic E-state index is -3.69. The third-order valence-corrected chi connectivity index (χ3v) is 9.33. The number of sulfonamides is 1. The van der Waals surface area contributed by atoms with Gasteiger partial charge in [0.15, 0.2) is 0 Å². The molecular formula is C25H30BNO4S. The van der Waals surface area contributed by atoms with Gasteiger partial charge < -0.3 is 9.31 Å². The fourth-order valence-electron chi connectivity index (χ4n) is 5.06. The Bertz CT molecular complexity index is 1230. The molecular weight excluding hydrogens is 421 g/mol. The Labute approximate surface area is 191 Å². The average Bonchev–Trinajstić information content (AvgIpc) is 3.26. The van der Waals surface area contributed by atoms with Crippen LogP contribution in [0.4, 0.5) is 0 Å². The maximum Gasteiger partial charge on any atom is 0.495 e. The molecule has 2 unspecified atom stereocenters. The first kappa shape index (κ1) is 21.9. The molecule has 0 spiro atoms. The molecule has 1 saturated heterocycles. The lowest BCUT2D eigenvalue weighted by atomic mass is 9.71. The van der Waals surface area contributed by atoms with Crippen molar-refractivity contribution in [2.75, 3.05) is 0 Å². The van der Waals surface area contributed by atoms with Gasteiger partial charge in [0.25, 0.3) is 0 Å². The largest absolute Gasteiger partial charge is 0.495 e. The number of benzene rings is 2. The van der Waals surface area contributed by atoms with Crippen LogP contribution >= 0.6 is 0 Å². The van der Waals surface area contributed by atoms with Gasteiger partial charge in [-0.15, -0.1) is 0 Å². The first-order valence-corrected chi connectivity index (χ1v) is 12.6. The van der Waals surface area contributed by atoms with Gasteiger partial charge in [-0.2, -0.15) is 4.31 Å². The predicted octanol–water partition coefficient (Wildman–Crippen LogP) is 4.35. The lowest BCUT2D eigenvalue weighted by Gasteiger charge is -2.32. The molecule has 2 aromatic carbocycles. The fourth-order valence-corrected chi connectivity index (χ4v) is 6.80. The predicted molar refractivity (Wildman–Crippen MR) is 126 cm³/mol. The Morgan fingerprint density at radius 3 is 2.09 bits per heavy atom. The minimum absolute atomic E-state index is 0.317. The molecule has 2 atom stereocenters. The highest BCUT2D eigenvalue weighted by atomic mass is 32.2. The maximum atomic E-state index is 13.8. The van der Waals surface area contributed by atoms with E-state index in [9.17, 15) is 8.42 Å². The normalized spacial score (nSPS) is 25.8. The van der Waals surface area contributed by atoms with Crippen molar-refractivity contribution in [2.24, 2.45) is 0 Å². The molecule has 3 heterocycles. The Kier molecular flexibility index (Phi) is 4.65. The summed E-state index contributed by atoms with van der Waals surface area (Å²) < 4.78 is 42.0. The summed E-state index contributed by atoms with van der Waals surface area (Å²) in [6.07, 6.45) is 2.08. The first-order valence-electron chi connectivity index (χ1n) is 11.1. The van der Waals surface area contributed by atoms with E-state index in [1.54, 1.807) is 16.4 Å². The Morgan fingerprint density at radius 2 is 1.50 bits per heavy atom. The molecule has 0 saturated carbocycles. The number of hydrogen-bond acceptors (Lipinski definition) is 4. The quantitative estimate of drug-likeness (QED) is 0.515. The third-order valence-electron chi connectivity index (χ3n) is 7.46. The number of aryl methyl sites for hydroxylation is 2. The molecule has 32 heavy (non-hydrogen) atoms. The van der Waals surface area contributed by atoms with Crippen molar-refractivity contribution < 1.29 is 17.7 Å². The summed E-state index contributed by atoms with van der Waals surface area (Å²) in [6, 6.07) is 10.6. The second-order valence-corrected chi connectivity index (χ2v) is 12.2. The van der Waals surface area contributed by atoms with Crippen LogP contribution in [-0.4, -0.2) is 31.0 Å². The summed E-state index contributed by atoms with van der Waals surface area (Å²) in [5.74, 6) is 0. The van der Waals surface area contributed by atoms with Gasteiger partial charge in [-0.25, -0.2) is 8.42 Å². The molecule has 168 valence electrons. The van der Waals surface area contributed by atoms with Crippen molar-refractivity contribution in [3.63, 3.8) is 0 Å². The second-order valence-electron chi connectivity index (χ2n) is 10.4. The average molecular weight is 451 g/mol. The van der Waals surface area contributed by atoms with Crippen molar-refractivity contribution in [3.8, 4) is 0 Å². The first-order chi connectivity index (χ1) is 14.8. The highest BCUT2D eigenvalue weighted by Gasteiger charge is 2.56. The van der Waals surface area contributed by atoms with Gasteiger partial charge in [0, 0.05) is 0 Å². The van der Waals surface area contributed by atoms with Crippen molar-refractivity contribution in [1.82, 2.24) is 4.31 Å². The standard InChI is InChI=1S/C25H30BNO4S/c1-15-8-10-18(11-9-15)32(28,29)27-21-14-17(3)23(27)22-19(21)12-16(2)13-20(22)26-30-24(4,5)25(6,7)31-26/h8-14,21,23H,1-7H3. The Morgan fingerprint density at radius 1 is 0.906 bits per heavy atom. The van der Waals surface area contributed by atoms with Gasteiger partial charge in [-0.3, -0.25) is 0 Å².